The Morgan fingerprint density at radius 1 is 1.22 bits per heavy atom. The van der Waals surface area contributed by atoms with Crippen LogP contribution in [0.1, 0.15) is 58.1 Å². The summed E-state index contributed by atoms with van der Waals surface area (Å²) in [4.78, 5) is 40.9. The number of nitrogens with one attached hydrogen (secondary N) is 1. The molecule has 1 atom stereocenters. The molecule has 0 saturated carbocycles. The number of amides is 2. The standard InChI is InChI=1S/C27H35N7O3/c1-5-6-10-21-25(35)34(17-20-9-7-8-19(15-20)16-28)22-23(31-21)29-18-30-24(22)32-11-13-33(14-12-32)26(36)37-27(2,3)4/h7-9,15,18,21H,5-6,10-14,17H2,1-4H3,(H,29,30,31)/t21-/m0/s1. The smallest absolute Gasteiger partial charge is 0.410 e. The third kappa shape index (κ3) is 6.10. The first-order valence-electron chi connectivity index (χ1n) is 12.8. The van der Waals surface area contributed by atoms with E-state index in [1.165, 1.54) is 6.33 Å². The monoisotopic (exact) mass is 505 g/mol. The zero-order chi connectivity index (χ0) is 26.6. The molecule has 2 amide bonds. The fourth-order valence-electron chi connectivity index (χ4n) is 4.59. The van der Waals surface area contributed by atoms with Crippen LogP contribution in [-0.2, 0) is 16.1 Å². The van der Waals surface area contributed by atoms with E-state index in [9.17, 15) is 14.9 Å². The van der Waals surface area contributed by atoms with E-state index in [0.29, 0.717) is 62.0 Å². The van der Waals surface area contributed by atoms with Crippen molar-refractivity contribution in [2.24, 2.45) is 0 Å². The van der Waals surface area contributed by atoms with E-state index in [1.807, 2.05) is 32.9 Å². The zero-order valence-electron chi connectivity index (χ0n) is 22.0. The van der Waals surface area contributed by atoms with Gasteiger partial charge in [-0.1, -0.05) is 31.9 Å². The van der Waals surface area contributed by atoms with Gasteiger partial charge in [0.05, 0.1) is 18.2 Å². The lowest BCUT2D eigenvalue weighted by Crippen LogP contribution is -2.52. The van der Waals surface area contributed by atoms with Gasteiger partial charge in [-0.25, -0.2) is 14.8 Å². The Labute approximate surface area is 218 Å². The van der Waals surface area contributed by atoms with Crippen LogP contribution in [-0.4, -0.2) is 64.7 Å². The molecule has 1 N–H and O–H groups in total. The summed E-state index contributed by atoms with van der Waals surface area (Å²) in [5, 5.41) is 12.7. The highest BCUT2D eigenvalue weighted by atomic mass is 16.6. The zero-order valence-corrected chi connectivity index (χ0v) is 22.0. The number of nitriles is 1. The van der Waals surface area contributed by atoms with E-state index >= 15 is 0 Å². The molecule has 0 bridgehead atoms. The van der Waals surface area contributed by atoms with Crippen LogP contribution in [0.15, 0.2) is 30.6 Å². The minimum atomic E-state index is -0.552. The minimum Gasteiger partial charge on any atom is -0.444 e. The molecule has 1 aromatic heterocycles. The first-order valence-corrected chi connectivity index (χ1v) is 12.8. The second kappa shape index (κ2) is 11.0. The maximum absolute atomic E-state index is 13.7. The van der Waals surface area contributed by atoms with Crippen LogP contribution in [0.5, 0.6) is 0 Å². The molecule has 0 unspecified atom stereocenters. The van der Waals surface area contributed by atoms with Crippen LogP contribution in [0.4, 0.5) is 22.1 Å². The normalized spacial score (nSPS) is 17.6. The number of carbonyl (C=O) groups is 2. The first kappa shape index (κ1) is 26.2. The van der Waals surface area contributed by atoms with Gasteiger partial charge in [0.1, 0.15) is 23.7 Å². The fraction of sp³-hybridized carbons (Fsp3) is 0.519. The highest BCUT2D eigenvalue weighted by molar-refractivity contribution is 6.06. The molecule has 0 aliphatic carbocycles. The summed E-state index contributed by atoms with van der Waals surface area (Å²) in [5.41, 5.74) is 1.49. The van der Waals surface area contributed by atoms with Gasteiger partial charge in [-0.2, -0.15) is 5.26 Å². The highest BCUT2D eigenvalue weighted by Crippen LogP contribution is 2.39. The van der Waals surface area contributed by atoms with Crippen molar-refractivity contribution >= 4 is 29.3 Å². The summed E-state index contributed by atoms with van der Waals surface area (Å²) in [6.45, 7) is 10.0. The Balaban J connectivity index is 1.62. The molecular formula is C27H35N7O3. The SMILES string of the molecule is CCCC[C@@H]1Nc2ncnc(N3CCN(C(=O)OC(C)(C)C)CC3)c2N(Cc2cccc(C#N)c2)C1=O. The number of unbranched alkanes of at least 4 members (excludes halogenated alkanes) is 1. The van der Waals surface area contributed by atoms with Gasteiger partial charge in [0.25, 0.3) is 0 Å². The Kier molecular flexibility index (Phi) is 7.81. The molecule has 0 spiro atoms. The molecule has 1 fully saturated rings. The number of rotatable bonds is 6. The second-order valence-corrected chi connectivity index (χ2v) is 10.4. The van der Waals surface area contributed by atoms with Crippen molar-refractivity contribution in [3.8, 4) is 6.07 Å². The maximum atomic E-state index is 13.7. The number of ether oxygens (including phenoxy) is 1. The van der Waals surface area contributed by atoms with Crippen molar-refractivity contribution in [1.29, 1.82) is 5.26 Å². The van der Waals surface area contributed by atoms with Gasteiger partial charge in [-0.3, -0.25) is 9.69 Å². The van der Waals surface area contributed by atoms with Crippen molar-refractivity contribution in [3.05, 3.63) is 41.7 Å². The van der Waals surface area contributed by atoms with Gasteiger partial charge in [-0.15, -0.1) is 0 Å². The van der Waals surface area contributed by atoms with Gasteiger partial charge in [-0.05, 0) is 44.9 Å². The summed E-state index contributed by atoms with van der Waals surface area (Å²) in [6.07, 6.45) is 3.80. The fourth-order valence-corrected chi connectivity index (χ4v) is 4.59. The van der Waals surface area contributed by atoms with Crippen molar-refractivity contribution in [3.63, 3.8) is 0 Å². The number of hydrogen-bond donors (Lipinski definition) is 1. The van der Waals surface area contributed by atoms with Crippen LogP contribution < -0.4 is 15.1 Å². The molecule has 196 valence electrons. The number of carbonyl (C=O) groups excluding carboxylic acids is 2. The van der Waals surface area contributed by atoms with Gasteiger partial charge in [0.15, 0.2) is 11.6 Å². The van der Waals surface area contributed by atoms with E-state index < -0.39 is 5.60 Å². The van der Waals surface area contributed by atoms with Crippen molar-refractivity contribution in [2.45, 2.75) is 65.1 Å². The third-order valence-corrected chi connectivity index (χ3v) is 6.42. The molecule has 1 saturated heterocycles. The average Bonchev–Trinajstić information content (AvgIpc) is 2.88. The molecule has 37 heavy (non-hydrogen) atoms. The predicted molar refractivity (Wildman–Crippen MR) is 141 cm³/mol. The molecule has 1 aromatic carbocycles. The third-order valence-electron chi connectivity index (χ3n) is 6.42. The number of nitrogens with zero attached hydrogens (tertiary/aromatic N) is 6. The summed E-state index contributed by atoms with van der Waals surface area (Å²) in [5.74, 6) is 1.24. The van der Waals surface area contributed by atoms with Gasteiger partial charge in [0, 0.05) is 26.2 Å². The molecule has 0 radical (unpaired) electrons. The Hall–Kier alpha value is -3.87. The average molecular weight is 506 g/mol. The molecule has 2 aromatic rings. The topological polar surface area (TPSA) is 115 Å². The Morgan fingerprint density at radius 2 is 1.97 bits per heavy atom. The molecule has 2 aliphatic heterocycles. The molecule has 10 nitrogen and oxygen atoms in total. The van der Waals surface area contributed by atoms with E-state index in [2.05, 4.69) is 33.2 Å². The number of piperazine rings is 1. The predicted octanol–water partition coefficient (Wildman–Crippen LogP) is 3.92. The quantitative estimate of drug-likeness (QED) is 0.628. The summed E-state index contributed by atoms with van der Waals surface area (Å²) in [7, 11) is 0. The van der Waals surface area contributed by atoms with Gasteiger partial charge < -0.3 is 19.9 Å². The largest absolute Gasteiger partial charge is 0.444 e. The van der Waals surface area contributed by atoms with Crippen LogP contribution >= 0.6 is 0 Å². The van der Waals surface area contributed by atoms with Crippen molar-refractivity contribution in [1.82, 2.24) is 14.9 Å². The van der Waals surface area contributed by atoms with Gasteiger partial charge >= 0.3 is 6.09 Å². The number of aromatic nitrogens is 2. The number of hydrogen-bond acceptors (Lipinski definition) is 8. The first-order chi connectivity index (χ1) is 17.7. The van der Waals surface area contributed by atoms with Crippen molar-refractivity contribution < 1.29 is 14.3 Å². The molecule has 2 aliphatic rings. The lowest BCUT2D eigenvalue weighted by molar-refractivity contribution is -0.119. The number of fused-ring (bicyclic) bond motifs is 1. The lowest BCUT2D eigenvalue weighted by atomic mass is 10.0. The van der Waals surface area contributed by atoms with Crippen molar-refractivity contribution in [2.75, 3.05) is 41.3 Å². The summed E-state index contributed by atoms with van der Waals surface area (Å²) < 4.78 is 5.53. The minimum absolute atomic E-state index is 0.0354. The van der Waals surface area contributed by atoms with Gasteiger partial charge in [0.2, 0.25) is 5.91 Å². The summed E-state index contributed by atoms with van der Waals surface area (Å²) in [6, 6.07) is 9.09. The molecule has 4 rings (SSSR count). The maximum Gasteiger partial charge on any atom is 0.410 e. The summed E-state index contributed by atoms with van der Waals surface area (Å²) >= 11 is 0. The second-order valence-electron chi connectivity index (χ2n) is 10.4. The number of anilines is 3. The number of benzene rings is 1. The molecule has 3 heterocycles. The Bertz CT molecular complexity index is 1180. The van der Waals surface area contributed by atoms with E-state index in [4.69, 9.17) is 4.74 Å². The van der Waals surface area contributed by atoms with Crippen LogP contribution in [0.3, 0.4) is 0 Å². The lowest BCUT2D eigenvalue weighted by Gasteiger charge is -2.40. The van der Waals surface area contributed by atoms with E-state index in [0.717, 1.165) is 18.4 Å². The molecular weight excluding hydrogens is 470 g/mol. The van der Waals surface area contributed by atoms with Crippen LogP contribution in [0, 0.1) is 11.3 Å². The van der Waals surface area contributed by atoms with Crippen LogP contribution in [0.2, 0.25) is 0 Å². The van der Waals surface area contributed by atoms with Crippen LogP contribution in [0.25, 0.3) is 0 Å². The van der Waals surface area contributed by atoms with E-state index in [-0.39, 0.29) is 18.0 Å². The highest BCUT2D eigenvalue weighted by Gasteiger charge is 2.37. The van der Waals surface area contributed by atoms with E-state index in [1.54, 1.807) is 21.9 Å². The molecule has 10 heteroatoms. The Morgan fingerprint density at radius 3 is 2.65 bits per heavy atom.